The lowest BCUT2D eigenvalue weighted by Crippen LogP contribution is -2.38. The summed E-state index contributed by atoms with van der Waals surface area (Å²) in [7, 11) is 0. The number of ether oxygens (including phenoxy) is 1. The normalized spacial score (nSPS) is 14.4. The molecule has 31 heavy (non-hydrogen) atoms. The number of primary amides is 1. The van der Waals surface area contributed by atoms with E-state index in [1.54, 1.807) is 12.1 Å². The molecule has 2 aromatic carbocycles. The smallest absolute Gasteiger partial charge is 0.262 e. The van der Waals surface area contributed by atoms with Gasteiger partial charge in [0, 0.05) is 30.1 Å². The van der Waals surface area contributed by atoms with Crippen molar-refractivity contribution in [3.63, 3.8) is 0 Å². The molecule has 2 heterocycles. The van der Waals surface area contributed by atoms with Crippen LogP contribution in [0.15, 0.2) is 54.6 Å². The number of rotatable bonds is 6. The number of hydrogen-bond acceptors (Lipinski definition) is 5. The minimum Gasteiger partial charge on any atom is -0.481 e. The lowest BCUT2D eigenvalue weighted by atomic mass is 9.96. The number of halogens is 1. The number of nitrogens with one attached hydrogen (secondary N) is 1. The second kappa shape index (κ2) is 8.99. The third kappa shape index (κ3) is 4.91. The Balaban J connectivity index is 1.46. The maximum absolute atomic E-state index is 13.3. The fraction of sp³-hybridized carbons (Fsp3) is 0.261. The Hall–Kier alpha value is -3.68. The molecule has 1 fully saturated rings. The first-order valence-corrected chi connectivity index (χ1v) is 10.1. The van der Waals surface area contributed by atoms with E-state index in [4.69, 9.17) is 15.5 Å². The average Bonchev–Trinajstić information content (AvgIpc) is 2.77. The van der Waals surface area contributed by atoms with Gasteiger partial charge in [0.15, 0.2) is 6.61 Å². The first kappa shape index (κ1) is 20.6. The molecule has 0 atom stereocenters. The summed E-state index contributed by atoms with van der Waals surface area (Å²) in [6.45, 7) is 1.17. The van der Waals surface area contributed by atoms with Crippen molar-refractivity contribution in [2.75, 3.05) is 29.9 Å². The molecule has 0 bridgehead atoms. The number of para-hydroxylation sites is 1. The van der Waals surface area contributed by atoms with E-state index in [9.17, 15) is 14.0 Å². The zero-order valence-corrected chi connectivity index (χ0v) is 16.9. The van der Waals surface area contributed by atoms with E-state index in [1.165, 1.54) is 18.2 Å². The van der Waals surface area contributed by atoms with E-state index in [-0.39, 0.29) is 18.4 Å². The third-order valence-corrected chi connectivity index (χ3v) is 5.36. The van der Waals surface area contributed by atoms with Crippen LogP contribution >= 0.6 is 0 Å². The maximum atomic E-state index is 13.3. The van der Waals surface area contributed by atoms with Gasteiger partial charge in [-0.2, -0.15) is 0 Å². The summed E-state index contributed by atoms with van der Waals surface area (Å²) in [5.41, 5.74) is 6.43. The number of pyridine rings is 1. The molecular weight excluding hydrogens is 399 g/mol. The Morgan fingerprint density at radius 2 is 1.90 bits per heavy atom. The van der Waals surface area contributed by atoms with E-state index < -0.39 is 11.7 Å². The summed E-state index contributed by atoms with van der Waals surface area (Å²) >= 11 is 0. The molecule has 0 aliphatic carbocycles. The number of hydrogen-bond donors (Lipinski definition) is 2. The van der Waals surface area contributed by atoms with Crippen LogP contribution in [-0.4, -0.2) is 36.5 Å². The monoisotopic (exact) mass is 422 g/mol. The highest BCUT2D eigenvalue weighted by Crippen LogP contribution is 2.28. The van der Waals surface area contributed by atoms with E-state index in [0.717, 1.165) is 11.2 Å². The minimum atomic E-state index is -0.427. The zero-order valence-electron chi connectivity index (χ0n) is 16.9. The van der Waals surface area contributed by atoms with Gasteiger partial charge in [0.25, 0.3) is 5.91 Å². The zero-order chi connectivity index (χ0) is 21.8. The molecule has 1 aliphatic heterocycles. The summed E-state index contributed by atoms with van der Waals surface area (Å²) in [5, 5.41) is 3.49. The molecule has 0 unspecified atom stereocenters. The fourth-order valence-corrected chi connectivity index (χ4v) is 3.70. The molecule has 0 spiro atoms. The largest absolute Gasteiger partial charge is 0.481 e. The predicted molar refractivity (Wildman–Crippen MR) is 116 cm³/mol. The van der Waals surface area contributed by atoms with Crippen LogP contribution in [-0.2, 0) is 9.59 Å². The Morgan fingerprint density at radius 1 is 1.13 bits per heavy atom. The molecule has 3 aromatic rings. The van der Waals surface area contributed by atoms with Crippen molar-refractivity contribution in [3.05, 3.63) is 60.4 Å². The van der Waals surface area contributed by atoms with Gasteiger partial charge >= 0.3 is 0 Å². The Bertz CT molecular complexity index is 1110. The second-order valence-electron chi connectivity index (χ2n) is 7.51. The van der Waals surface area contributed by atoms with Gasteiger partial charge < -0.3 is 20.7 Å². The fourth-order valence-electron chi connectivity index (χ4n) is 3.70. The van der Waals surface area contributed by atoms with Crippen molar-refractivity contribution < 1.29 is 18.7 Å². The molecule has 3 N–H and O–H groups in total. The highest BCUT2D eigenvalue weighted by Gasteiger charge is 2.24. The van der Waals surface area contributed by atoms with Crippen LogP contribution < -0.4 is 20.7 Å². The number of anilines is 2. The molecule has 1 saturated heterocycles. The van der Waals surface area contributed by atoms with Crippen LogP contribution in [0.3, 0.4) is 0 Å². The molecule has 1 aliphatic rings. The lowest BCUT2D eigenvalue weighted by Gasteiger charge is -2.31. The number of piperidine rings is 1. The van der Waals surface area contributed by atoms with Crippen molar-refractivity contribution in [1.82, 2.24) is 4.98 Å². The number of carbonyl (C=O) groups is 2. The van der Waals surface area contributed by atoms with Gasteiger partial charge in [-0.05, 0) is 49.2 Å². The Labute approximate surface area is 179 Å². The summed E-state index contributed by atoms with van der Waals surface area (Å²) in [5.74, 6) is 0.110. The van der Waals surface area contributed by atoms with Gasteiger partial charge in [-0.15, -0.1) is 0 Å². The first-order valence-electron chi connectivity index (χ1n) is 10.1. The number of carbonyl (C=O) groups excluding carboxylic acids is 2. The van der Waals surface area contributed by atoms with Gasteiger partial charge in [-0.3, -0.25) is 9.59 Å². The molecular formula is C23H23FN4O3. The standard InChI is InChI=1S/C23H23FN4O3/c24-17-4-2-5-18(13-17)26-21(29)14-31-19-6-1-3-15-7-8-20(27-22(15)19)28-11-9-16(10-12-28)23(25)30/h1-8,13,16H,9-12,14H2,(H2,25,30)(H,26,29). The van der Waals surface area contributed by atoms with Gasteiger partial charge in [-0.25, -0.2) is 9.37 Å². The average molecular weight is 422 g/mol. The highest BCUT2D eigenvalue weighted by molar-refractivity contribution is 5.92. The highest BCUT2D eigenvalue weighted by atomic mass is 19.1. The minimum absolute atomic E-state index is 0.0906. The van der Waals surface area contributed by atoms with Gasteiger partial charge in [-0.1, -0.05) is 18.2 Å². The van der Waals surface area contributed by atoms with Gasteiger partial charge in [0.2, 0.25) is 5.91 Å². The van der Waals surface area contributed by atoms with Gasteiger partial charge in [0.1, 0.15) is 22.9 Å². The van der Waals surface area contributed by atoms with Crippen molar-refractivity contribution in [2.45, 2.75) is 12.8 Å². The van der Waals surface area contributed by atoms with Crippen LogP contribution in [0.4, 0.5) is 15.9 Å². The number of nitrogens with two attached hydrogens (primary N) is 1. The summed E-state index contributed by atoms with van der Waals surface area (Å²) in [6, 6.07) is 15.1. The predicted octanol–water partition coefficient (Wildman–Crippen LogP) is 3.09. The Kier molecular flexibility index (Phi) is 5.97. The number of benzene rings is 2. The first-order chi connectivity index (χ1) is 15.0. The number of amides is 2. The van der Waals surface area contributed by atoms with Crippen molar-refractivity contribution >= 4 is 34.2 Å². The second-order valence-corrected chi connectivity index (χ2v) is 7.51. The number of aromatic nitrogens is 1. The SMILES string of the molecule is NC(=O)C1CCN(c2ccc3cccc(OCC(=O)Nc4cccc(F)c4)c3n2)CC1. The van der Waals surface area contributed by atoms with Crippen LogP contribution in [0.1, 0.15) is 12.8 Å². The van der Waals surface area contributed by atoms with E-state index in [2.05, 4.69) is 10.2 Å². The van der Waals surface area contributed by atoms with Crippen molar-refractivity contribution in [3.8, 4) is 5.75 Å². The van der Waals surface area contributed by atoms with Crippen molar-refractivity contribution in [1.29, 1.82) is 0 Å². The van der Waals surface area contributed by atoms with E-state index >= 15 is 0 Å². The summed E-state index contributed by atoms with van der Waals surface area (Å²) in [4.78, 5) is 30.5. The van der Waals surface area contributed by atoms with Crippen LogP contribution in [0, 0.1) is 11.7 Å². The van der Waals surface area contributed by atoms with Crippen LogP contribution in [0.2, 0.25) is 0 Å². The van der Waals surface area contributed by atoms with Crippen LogP contribution in [0.5, 0.6) is 5.75 Å². The van der Waals surface area contributed by atoms with E-state index in [0.29, 0.717) is 42.9 Å². The van der Waals surface area contributed by atoms with Gasteiger partial charge in [0.05, 0.1) is 0 Å². The lowest BCUT2D eigenvalue weighted by molar-refractivity contribution is -0.122. The molecule has 7 nitrogen and oxygen atoms in total. The quantitative estimate of drug-likeness (QED) is 0.636. The molecule has 0 radical (unpaired) electrons. The number of nitrogens with zero attached hydrogens (tertiary/aromatic N) is 2. The topological polar surface area (TPSA) is 97.5 Å². The molecule has 8 heteroatoms. The molecule has 4 rings (SSSR count). The molecule has 0 saturated carbocycles. The molecule has 1 aromatic heterocycles. The van der Waals surface area contributed by atoms with Crippen molar-refractivity contribution in [2.24, 2.45) is 11.7 Å². The molecule has 160 valence electrons. The molecule has 2 amide bonds. The Morgan fingerprint density at radius 3 is 2.65 bits per heavy atom. The van der Waals surface area contributed by atoms with E-state index in [1.807, 2.05) is 24.3 Å². The van der Waals surface area contributed by atoms with Crippen LogP contribution in [0.25, 0.3) is 10.9 Å². The summed E-state index contributed by atoms with van der Waals surface area (Å²) < 4.78 is 19.0. The maximum Gasteiger partial charge on any atom is 0.262 e. The summed E-state index contributed by atoms with van der Waals surface area (Å²) in [6.07, 6.45) is 1.40. The number of fused-ring (bicyclic) bond motifs is 1. The third-order valence-electron chi connectivity index (χ3n) is 5.36.